The zero-order valence-electron chi connectivity index (χ0n) is 8.65. The zero-order chi connectivity index (χ0) is 12.7. The molecular weight excluding hydrogens is 222 g/mol. The lowest BCUT2D eigenvalue weighted by Gasteiger charge is -1.96. The summed E-state index contributed by atoms with van der Waals surface area (Å²) in [4.78, 5) is 12.6. The van der Waals surface area contributed by atoms with Crippen molar-refractivity contribution in [2.75, 3.05) is 6.54 Å². The van der Waals surface area contributed by atoms with Gasteiger partial charge in [-0.3, -0.25) is 10.1 Å². The molecule has 0 saturated carbocycles. The lowest BCUT2D eigenvalue weighted by molar-refractivity contribution is -0.384. The van der Waals surface area contributed by atoms with Crippen LogP contribution in [0.1, 0.15) is 11.1 Å². The summed E-state index contributed by atoms with van der Waals surface area (Å²) in [6.07, 6.45) is 3.11. The summed E-state index contributed by atoms with van der Waals surface area (Å²) in [6.45, 7) is 0.154. The van der Waals surface area contributed by atoms with Gasteiger partial charge in [0.1, 0.15) is 0 Å². The molecule has 0 aliphatic rings. The Morgan fingerprint density at radius 1 is 1.59 bits per heavy atom. The van der Waals surface area contributed by atoms with Gasteiger partial charge in [-0.1, -0.05) is 17.3 Å². The summed E-state index contributed by atoms with van der Waals surface area (Å²) in [5.74, 6) is 0. The van der Waals surface area contributed by atoms with Crippen LogP contribution in [0, 0.1) is 21.4 Å². The highest BCUT2D eigenvalue weighted by atomic mass is 16.6. The summed E-state index contributed by atoms with van der Waals surface area (Å²) in [5, 5.41) is 22.6. The van der Waals surface area contributed by atoms with E-state index >= 15 is 0 Å². The molecule has 0 spiro atoms. The molecule has 0 aliphatic heterocycles. The molecule has 0 amide bonds. The van der Waals surface area contributed by atoms with E-state index in [1.807, 2.05) is 6.07 Å². The fourth-order valence-corrected chi connectivity index (χ4v) is 1.17. The Morgan fingerprint density at radius 2 is 2.35 bits per heavy atom. The van der Waals surface area contributed by atoms with E-state index in [4.69, 9.17) is 10.8 Å². The van der Waals surface area contributed by atoms with Gasteiger partial charge in [0.15, 0.2) is 0 Å². The number of non-ortho nitro benzene ring substituents is 1. The first-order chi connectivity index (χ1) is 8.17. The largest absolute Gasteiger partial charge is 0.271 e. The molecule has 0 atom stereocenters. The van der Waals surface area contributed by atoms with Crippen molar-refractivity contribution in [3.8, 4) is 6.07 Å². The highest BCUT2D eigenvalue weighted by Gasteiger charge is 2.07. The van der Waals surface area contributed by atoms with E-state index in [2.05, 4.69) is 10.0 Å². The lowest BCUT2D eigenvalue weighted by atomic mass is 10.1. The Balaban J connectivity index is 3.03. The molecule has 0 radical (unpaired) electrons. The number of nitro groups is 1. The molecule has 0 aromatic heterocycles. The molecular formula is C10H7N5O2. The van der Waals surface area contributed by atoms with Crippen LogP contribution in [-0.2, 0) is 0 Å². The van der Waals surface area contributed by atoms with Crippen LogP contribution in [0.3, 0.4) is 0 Å². The normalized spacial score (nSPS) is 9.59. The smallest absolute Gasteiger partial charge is 0.258 e. The second-order valence-electron chi connectivity index (χ2n) is 3.00. The Labute approximate surface area is 96.4 Å². The number of nitrogens with zero attached hydrogens (tertiary/aromatic N) is 5. The van der Waals surface area contributed by atoms with Crippen LogP contribution in [0.5, 0.6) is 0 Å². The van der Waals surface area contributed by atoms with Crippen molar-refractivity contribution >= 4 is 11.8 Å². The number of rotatable bonds is 4. The van der Waals surface area contributed by atoms with Gasteiger partial charge in [-0.2, -0.15) is 5.26 Å². The average molecular weight is 229 g/mol. The first kappa shape index (κ1) is 12.2. The second-order valence-corrected chi connectivity index (χ2v) is 3.00. The van der Waals surface area contributed by atoms with Crippen molar-refractivity contribution < 1.29 is 4.92 Å². The van der Waals surface area contributed by atoms with Crippen LogP contribution < -0.4 is 0 Å². The molecule has 0 heterocycles. The highest BCUT2D eigenvalue weighted by molar-refractivity contribution is 5.57. The van der Waals surface area contributed by atoms with E-state index in [9.17, 15) is 10.1 Å². The third kappa shape index (κ3) is 3.66. The van der Waals surface area contributed by atoms with E-state index in [0.29, 0.717) is 5.56 Å². The van der Waals surface area contributed by atoms with Crippen molar-refractivity contribution in [2.45, 2.75) is 0 Å². The summed E-state index contributed by atoms with van der Waals surface area (Å²) < 4.78 is 0. The summed E-state index contributed by atoms with van der Waals surface area (Å²) >= 11 is 0. The Hall–Kier alpha value is -2.84. The van der Waals surface area contributed by atoms with Gasteiger partial charge in [-0.05, 0) is 17.2 Å². The van der Waals surface area contributed by atoms with Gasteiger partial charge in [0.05, 0.1) is 16.6 Å². The van der Waals surface area contributed by atoms with Crippen LogP contribution in [-0.4, -0.2) is 11.5 Å². The molecule has 7 nitrogen and oxygen atoms in total. The minimum Gasteiger partial charge on any atom is -0.258 e. The van der Waals surface area contributed by atoms with Crippen LogP contribution >= 0.6 is 0 Å². The van der Waals surface area contributed by atoms with Crippen molar-refractivity contribution in [3.05, 3.63) is 56.0 Å². The molecule has 1 aromatic carbocycles. The molecule has 0 saturated heterocycles. The monoisotopic (exact) mass is 229 g/mol. The molecule has 84 valence electrons. The van der Waals surface area contributed by atoms with Gasteiger partial charge >= 0.3 is 0 Å². The van der Waals surface area contributed by atoms with Crippen molar-refractivity contribution in [3.63, 3.8) is 0 Å². The van der Waals surface area contributed by atoms with Crippen molar-refractivity contribution in [2.24, 2.45) is 5.11 Å². The first-order valence-corrected chi connectivity index (χ1v) is 4.54. The Bertz CT molecular complexity index is 552. The van der Waals surface area contributed by atoms with E-state index < -0.39 is 4.92 Å². The predicted octanol–water partition coefficient (Wildman–Crippen LogP) is 2.79. The van der Waals surface area contributed by atoms with Gasteiger partial charge < -0.3 is 0 Å². The summed E-state index contributed by atoms with van der Waals surface area (Å²) in [7, 11) is 0. The summed E-state index contributed by atoms with van der Waals surface area (Å²) in [5.41, 5.74) is 8.64. The highest BCUT2D eigenvalue weighted by Crippen LogP contribution is 2.17. The fourth-order valence-electron chi connectivity index (χ4n) is 1.17. The van der Waals surface area contributed by atoms with Crippen molar-refractivity contribution in [1.29, 1.82) is 5.26 Å². The molecule has 0 fully saturated rings. The molecule has 0 aliphatic carbocycles. The molecule has 17 heavy (non-hydrogen) atoms. The number of nitro benzene ring substituents is 1. The Kier molecular flexibility index (Phi) is 4.25. The molecule has 0 unspecified atom stereocenters. The van der Waals surface area contributed by atoms with Crippen molar-refractivity contribution in [1.82, 2.24) is 0 Å². The van der Waals surface area contributed by atoms with E-state index in [-0.39, 0.29) is 17.8 Å². The zero-order valence-corrected chi connectivity index (χ0v) is 8.65. The van der Waals surface area contributed by atoms with Crippen LogP contribution in [0.25, 0.3) is 16.5 Å². The number of hydrogen-bond acceptors (Lipinski definition) is 4. The number of benzene rings is 1. The van der Waals surface area contributed by atoms with Gasteiger partial charge in [-0.15, -0.1) is 0 Å². The minimum absolute atomic E-state index is 0.146. The van der Waals surface area contributed by atoms with Gasteiger partial charge in [0.25, 0.3) is 5.69 Å². The molecule has 1 aromatic rings. The third-order valence-electron chi connectivity index (χ3n) is 1.84. The van der Waals surface area contributed by atoms with E-state index in [1.165, 1.54) is 18.2 Å². The van der Waals surface area contributed by atoms with E-state index in [1.54, 1.807) is 12.2 Å². The molecule has 1 rings (SSSR count). The van der Waals surface area contributed by atoms with Crippen LogP contribution in [0.2, 0.25) is 0 Å². The first-order valence-electron chi connectivity index (χ1n) is 4.54. The standard InChI is InChI=1S/C10H7N5O2/c11-7-9-4-8(2-1-3-13-14-12)5-10(6-9)15(16)17/h1-2,4-6H,3H2. The topological polar surface area (TPSA) is 116 Å². The SMILES string of the molecule is N#Cc1cc(C=CCN=[N+]=[N-])cc([N+](=O)[O-])c1. The minimum atomic E-state index is -0.564. The van der Waals surface area contributed by atoms with Crippen LogP contribution in [0.15, 0.2) is 29.4 Å². The number of nitriles is 1. The molecule has 0 N–H and O–H groups in total. The third-order valence-corrected chi connectivity index (χ3v) is 1.84. The summed E-state index contributed by atoms with van der Waals surface area (Å²) in [6, 6.07) is 5.90. The van der Waals surface area contributed by atoms with Gasteiger partial charge in [0, 0.05) is 23.6 Å². The maximum atomic E-state index is 10.6. The molecule has 7 heteroatoms. The van der Waals surface area contributed by atoms with Crippen LogP contribution in [0.4, 0.5) is 5.69 Å². The average Bonchev–Trinajstić information content (AvgIpc) is 2.34. The maximum Gasteiger partial charge on any atom is 0.271 e. The fraction of sp³-hybridized carbons (Fsp3) is 0.100. The molecule has 0 bridgehead atoms. The quantitative estimate of drug-likeness (QED) is 0.259. The van der Waals surface area contributed by atoms with Gasteiger partial charge in [-0.25, -0.2) is 0 Å². The number of hydrogen-bond donors (Lipinski definition) is 0. The predicted molar refractivity (Wildman–Crippen MR) is 60.9 cm³/mol. The second kappa shape index (κ2) is 5.90. The van der Waals surface area contributed by atoms with Gasteiger partial charge in [0.2, 0.25) is 0 Å². The number of azide groups is 1. The maximum absolute atomic E-state index is 10.6. The Morgan fingerprint density at radius 3 is 2.94 bits per heavy atom. The van der Waals surface area contributed by atoms with E-state index in [0.717, 1.165) is 0 Å². The lowest BCUT2D eigenvalue weighted by Crippen LogP contribution is -1.90.